The van der Waals surface area contributed by atoms with Crippen LogP contribution in [0.15, 0.2) is 6.20 Å². The fourth-order valence-electron chi connectivity index (χ4n) is 2.03. The molecule has 7 nitrogen and oxygen atoms in total. The molecule has 1 amide bonds. The number of aliphatic carboxylic acids is 1. The van der Waals surface area contributed by atoms with Crippen LogP contribution in [0.25, 0.3) is 0 Å². The number of aromatic nitrogens is 3. The zero-order valence-electron chi connectivity index (χ0n) is 12.7. The number of unbranched alkanes of at least 4 members (excludes halogenated alkanes) is 1. The summed E-state index contributed by atoms with van der Waals surface area (Å²) in [5.41, 5.74) is 0.788. The number of hydrogen-bond acceptors (Lipinski definition) is 4. The number of rotatable bonds is 10. The number of amides is 1. The molecule has 0 spiro atoms. The maximum atomic E-state index is 11.8. The predicted molar refractivity (Wildman–Crippen MR) is 77.7 cm³/mol. The molecule has 0 atom stereocenters. The molecule has 0 aliphatic rings. The Balaban J connectivity index is 2.34. The molecule has 2 N–H and O–H groups in total. The van der Waals surface area contributed by atoms with E-state index in [1.54, 1.807) is 6.20 Å². The van der Waals surface area contributed by atoms with Crippen LogP contribution in [0, 0.1) is 0 Å². The molecule has 0 saturated heterocycles. The quantitative estimate of drug-likeness (QED) is 0.636. The summed E-state index contributed by atoms with van der Waals surface area (Å²) in [6, 6.07) is 0.205. The summed E-state index contributed by atoms with van der Waals surface area (Å²) >= 11 is 0. The van der Waals surface area contributed by atoms with E-state index in [1.807, 2.05) is 13.8 Å². The molecule has 0 radical (unpaired) electrons. The monoisotopic (exact) mass is 296 g/mol. The van der Waals surface area contributed by atoms with Gasteiger partial charge in [0.15, 0.2) is 0 Å². The topological polar surface area (TPSA) is 97.1 Å². The van der Waals surface area contributed by atoms with Crippen molar-refractivity contribution in [1.82, 2.24) is 20.3 Å². The van der Waals surface area contributed by atoms with Crippen molar-refractivity contribution in [3.05, 3.63) is 11.9 Å². The highest BCUT2D eigenvalue weighted by Crippen LogP contribution is 2.03. The molecule has 118 valence electrons. The van der Waals surface area contributed by atoms with Gasteiger partial charge in [0.25, 0.3) is 0 Å². The molecule has 1 heterocycles. The van der Waals surface area contributed by atoms with Gasteiger partial charge in [-0.1, -0.05) is 19.1 Å². The summed E-state index contributed by atoms with van der Waals surface area (Å²) in [5, 5.41) is 19.4. The number of aryl methyl sites for hydroxylation is 1. The van der Waals surface area contributed by atoms with Gasteiger partial charge in [0, 0.05) is 18.7 Å². The van der Waals surface area contributed by atoms with Crippen LogP contribution in [0.4, 0.5) is 0 Å². The van der Waals surface area contributed by atoms with Gasteiger partial charge in [0.1, 0.15) is 6.54 Å². The van der Waals surface area contributed by atoms with E-state index in [2.05, 4.69) is 15.6 Å². The first kappa shape index (κ1) is 17.1. The van der Waals surface area contributed by atoms with Gasteiger partial charge in [0.05, 0.1) is 5.69 Å². The minimum Gasteiger partial charge on any atom is -0.481 e. The van der Waals surface area contributed by atoms with Gasteiger partial charge in [0.2, 0.25) is 5.91 Å². The fourth-order valence-corrected chi connectivity index (χ4v) is 2.03. The highest BCUT2D eigenvalue weighted by atomic mass is 16.4. The third-order valence-electron chi connectivity index (χ3n) is 3.32. The van der Waals surface area contributed by atoms with Gasteiger partial charge in [-0.25, -0.2) is 4.68 Å². The Labute approximate surface area is 124 Å². The van der Waals surface area contributed by atoms with E-state index in [1.165, 1.54) is 4.68 Å². The number of hydrogen-bond donors (Lipinski definition) is 2. The molecule has 7 heteroatoms. The number of carboxylic acid groups (broad SMARTS) is 1. The van der Waals surface area contributed by atoms with Gasteiger partial charge in [-0.3, -0.25) is 9.59 Å². The SMILES string of the molecule is CCC(CC)NC(=O)Cn1cc(CCCCC(=O)O)nn1. The molecule has 1 rings (SSSR count). The lowest BCUT2D eigenvalue weighted by Gasteiger charge is -2.14. The van der Waals surface area contributed by atoms with Gasteiger partial charge in [-0.2, -0.15) is 0 Å². The highest BCUT2D eigenvalue weighted by Gasteiger charge is 2.10. The average molecular weight is 296 g/mol. The molecule has 21 heavy (non-hydrogen) atoms. The molecule has 0 fully saturated rings. The highest BCUT2D eigenvalue weighted by molar-refractivity contribution is 5.75. The van der Waals surface area contributed by atoms with Crippen molar-refractivity contribution in [2.45, 2.75) is 65.0 Å². The first-order chi connectivity index (χ1) is 10.0. The first-order valence-corrected chi connectivity index (χ1v) is 7.45. The van der Waals surface area contributed by atoms with E-state index in [4.69, 9.17) is 5.11 Å². The van der Waals surface area contributed by atoms with Crippen LogP contribution >= 0.6 is 0 Å². The van der Waals surface area contributed by atoms with Gasteiger partial charge < -0.3 is 10.4 Å². The second-order valence-electron chi connectivity index (χ2n) is 5.09. The minimum atomic E-state index is -0.781. The lowest BCUT2D eigenvalue weighted by atomic mass is 10.1. The Morgan fingerprint density at radius 3 is 2.67 bits per heavy atom. The van der Waals surface area contributed by atoms with E-state index in [9.17, 15) is 9.59 Å². The van der Waals surface area contributed by atoms with E-state index in [0.29, 0.717) is 12.8 Å². The van der Waals surface area contributed by atoms with Crippen LogP contribution in [0.2, 0.25) is 0 Å². The van der Waals surface area contributed by atoms with Crippen LogP contribution in [0.1, 0.15) is 51.6 Å². The van der Waals surface area contributed by atoms with Crippen LogP contribution in [-0.4, -0.2) is 38.0 Å². The Kier molecular flexibility index (Phi) is 7.42. The summed E-state index contributed by atoms with van der Waals surface area (Å²) < 4.78 is 1.52. The zero-order valence-corrected chi connectivity index (χ0v) is 12.7. The largest absolute Gasteiger partial charge is 0.481 e. The molecule has 1 aromatic heterocycles. The molecule has 0 aliphatic heterocycles. The van der Waals surface area contributed by atoms with Crippen molar-refractivity contribution in [1.29, 1.82) is 0 Å². The summed E-state index contributed by atoms with van der Waals surface area (Å²) in [6.45, 7) is 4.25. The van der Waals surface area contributed by atoms with Crippen LogP contribution in [0.3, 0.4) is 0 Å². The summed E-state index contributed by atoms with van der Waals surface area (Å²) in [4.78, 5) is 22.2. The van der Waals surface area contributed by atoms with Crippen molar-refractivity contribution >= 4 is 11.9 Å². The van der Waals surface area contributed by atoms with Crippen molar-refractivity contribution in [3.63, 3.8) is 0 Å². The smallest absolute Gasteiger partial charge is 0.303 e. The summed E-state index contributed by atoms with van der Waals surface area (Å²) in [6.07, 6.45) is 5.80. The predicted octanol–water partition coefficient (Wildman–Crippen LogP) is 1.38. The summed E-state index contributed by atoms with van der Waals surface area (Å²) in [7, 11) is 0. The van der Waals surface area contributed by atoms with E-state index < -0.39 is 5.97 Å². The van der Waals surface area contributed by atoms with Gasteiger partial charge in [-0.15, -0.1) is 5.10 Å². The standard InChI is InChI=1S/C14H24N4O3/c1-3-11(4-2)15-13(19)10-18-9-12(16-17-18)7-5-6-8-14(20)21/h9,11H,3-8,10H2,1-2H3,(H,15,19)(H,20,21). The van der Waals surface area contributed by atoms with E-state index in [0.717, 1.165) is 25.0 Å². The Morgan fingerprint density at radius 2 is 2.05 bits per heavy atom. The lowest BCUT2D eigenvalue weighted by Crippen LogP contribution is -2.36. The Hall–Kier alpha value is -1.92. The van der Waals surface area contributed by atoms with Crippen LogP contribution in [0.5, 0.6) is 0 Å². The van der Waals surface area contributed by atoms with Gasteiger partial charge in [-0.05, 0) is 32.1 Å². The number of carbonyl (C=O) groups is 2. The molecular formula is C14H24N4O3. The van der Waals surface area contributed by atoms with Crippen molar-refractivity contribution < 1.29 is 14.7 Å². The van der Waals surface area contributed by atoms with E-state index >= 15 is 0 Å². The number of nitrogens with one attached hydrogen (secondary N) is 1. The normalized spacial score (nSPS) is 10.8. The second-order valence-corrected chi connectivity index (χ2v) is 5.09. The molecular weight excluding hydrogens is 272 g/mol. The number of carboxylic acids is 1. The second kappa shape index (κ2) is 9.10. The third kappa shape index (κ3) is 6.87. The Bertz CT molecular complexity index is 455. The van der Waals surface area contributed by atoms with Crippen molar-refractivity contribution in [2.75, 3.05) is 0 Å². The maximum Gasteiger partial charge on any atom is 0.303 e. The van der Waals surface area contributed by atoms with Gasteiger partial charge >= 0.3 is 5.97 Å². The first-order valence-electron chi connectivity index (χ1n) is 7.45. The zero-order chi connectivity index (χ0) is 15.7. The molecule has 0 aromatic carbocycles. The lowest BCUT2D eigenvalue weighted by molar-refractivity contribution is -0.137. The molecule has 0 aliphatic carbocycles. The third-order valence-corrected chi connectivity index (χ3v) is 3.32. The Morgan fingerprint density at radius 1 is 1.33 bits per heavy atom. The summed E-state index contributed by atoms with van der Waals surface area (Å²) in [5.74, 6) is -0.845. The van der Waals surface area contributed by atoms with E-state index in [-0.39, 0.29) is 24.9 Å². The molecule has 0 unspecified atom stereocenters. The minimum absolute atomic E-state index is 0.0639. The average Bonchev–Trinajstić information content (AvgIpc) is 2.88. The van der Waals surface area contributed by atoms with Crippen LogP contribution < -0.4 is 5.32 Å². The maximum absolute atomic E-state index is 11.8. The van der Waals surface area contributed by atoms with Crippen molar-refractivity contribution in [3.8, 4) is 0 Å². The molecule has 0 bridgehead atoms. The van der Waals surface area contributed by atoms with Crippen LogP contribution in [-0.2, 0) is 22.6 Å². The fraction of sp³-hybridized carbons (Fsp3) is 0.714. The molecule has 1 aromatic rings. The van der Waals surface area contributed by atoms with Crippen molar-refractivity contribution in [2.24, 2.45) is 0 Å². The number of nitrogens with zero attached hydrogens (tertiary/aromatic N) is 3. The molecule has 0 saturated carbocycles. The number of carbonyl (C=O) groups excluding carboxylic acids is 1.